The molecule has 0 amide bonds. The first-order valence-electron chi connectivity index (χ1n) is 5.98. The predicted octanol–water partition coefficient (Wildman–Crippen LogP) is 2.18. The van der Waals surface area contributed by atoms with Gasteiger partial charge in [0.2, 0.25) is 5.89 Å². The first-order valence-corrected chi connectivity index (χ1v) is 5.98. The fourth-order valence-electron chi connectivity index (χ4n) is 1.62. The number of nitrogens with zero attached hydrogens (tertiary/aromatic N) is 2. The van der Waals surface area contributed by atoms with Gasteiger partial charge in [0.05, 0.1) is 12.7 Å². The summed E-state index contributed by atoms with van der Waals surface area (Å²) < 4.78 is 10.5. The minimum absolute atomic E-state index is 0.0705. The number of hydrogen-bond acceptors (Lipinski definition) is 5. The highest BCUT2D eigenvalue weighted by Crippen LogP contribution is 2.12. The summed E-state index contributed by atoms with van der Waals surface area (Å²) in [4.78, 5) is 4.12. The van der Waals surface area contributed by atoms with Gasteiger partial charge >= 0.3 is 0 Å². The Kier molecular flexibility index (Phi) is 4.54. The van der Waals surface area contributed by atoms with Gasteiger partial charge < -0.3 is 14.5 Å². The molecule has 0 aliphatic carbocycles. The molecule has 0 aliphatic heterocycles. The maximum atomic E-state index is 8.41. The number of ether oxygens (including phenoxy) is 1. The fraction of sp³-hybridized carbons (Fsp3) is 0.286. The van der Waals surface area contributed by atoms with Crippen LogP contribution in [0.15, 0.2) is 34.9 Å². The van der Waals surface area contributed by atoms with E-state index in [1.165, 1.54) is 0 Å². The molecule has 1 aromatic heterocycles. The van der Waals surface area contributed by atoms with E-state index < -0.39 is 0 Å². The van der Waals surface area contributed by atoms with Gasteiger partial charge in [-0.25, -0.2) is 4.98 Å². The van der Waals surface area contributed by atoms with E-state index in [9.17, 15) is 0 Å². The molecule has 5 heteroatoms. The average Bonchev–Trinajstić information content (AvgIpc) is 2.84. The van der Waals surface area contributed by atoms with E-state index in [1.807, 2.05) is 37.3 Å². The van der Waals surface area contributed by atoms with Crippen LogP contribution >= 0.6 is 0 Å². The van der Waals surface area contributed by atoms with Crippen LogP contribution in [0.25, 0.3) is 0 Å². The number of nitriles is 1. The Morgan fingerprint density at radius 2 is 2.11 bits per heavy atom. The summed E-state index contributed by atoms with van der Waals surface area (Å²) in [6.45, 7) is 3.26. The third-order valence-corrected chi connectivity index (χ3v) is 2.50. The quantitative estimate of drug-likeness (QED) is 0.858. The van der Waals surface area contributed by atoms with Gasteiger partial charge in [0.15, 0.2) is 6.61 Å². The summed E-state index contributed by atoms with van der Waals surface area (Å²) in [5.41, 5.74) is 1.13. The zero-order valence-corrected chi connectivity index (χ0v) is 10.7. The lowest BCUT2D eigenvalue weighted by molar-refractivity contribution is 0.368. The Labute approximate surface area is 111 Å². The Bertz CT molecular complexity index is 555. The fourth-order valence-corrected chi connectivity index (χ4v) is 1.62. The molecule has 1 heterocycles. The highest BCUT2D eigenvalue weighted by molar-refractivity contribution is 5.27. The number of benzene rings is 1. The lowest BCUT2D eigenvalue weighted by Gasteiger charge is -2.05. The number of oxazole rings is 1. The van der Waals surface area contributed by atoms with E-state index in [0.717, 1.165) is 17.9 Å². The largest absolute Gasteiger partial charge is 0.479 e. The summed E-state index contributed by atoms with van der Waals surface area (Å²) in [5.74, 6) is 2.20. The second kappa shape index (κ2) is 6.57. The molecule has 0 fully saturated rings. The van der Waals surface area contributed by atoms with Crippen LogP contribution in [0, 0.1) is 18.3 Å². The van der Waals surface area contributed by atoms with Crippen LogP contribution in [0.1, 0.15) is 17.2 Å². The minimum atomic E-state index is 0.0705. The van der Waals surface area contributed by atoms with Crippen molar-refractivity contribution in [2.45, 2.75) is 20.0 Å². The van der Waals surface area contributed by atoms with Crippen molar-refractivity contribution in [1.29, 1.82) is 5.26 Å². The summed E-state index contributed by atoms with van der Waals surface area (Å²) in [5, 5.41) is 11.7. The topological polar surface area (TPSA) is 71.1 Å². The van der Waals surface area contributed by atoms with Crippen LogP contribution in [0.4, 0.5) is 0 Å². The molecule has 0 spiro atoms. The molecule has 0 atom stereocenters. The van der Waals surface area contributed by atoms with Crippen molar-refractivity contribution in [2.75, 3.05) is 6.61 Å². The second-order valence-corrected chi connectivity index (χ2v) is 4.06. The van der Waals surface area contributed by atoms with E-state index in [0.29, 0.717) is 18.2 Å². The van der Waals surface area contributed by atoms with Gasteiger partial charge in [0, 0.05) is 6.54 Å². The lowest BCUT2D eigenvalue weighted by Crippen LogP contribution is -2.12. The monoisotopic (exact) mass is 257 g/mol. The molecule has 0 unspecified atom stereocenters. The number of hydrogen-bond donors (Lipinski definition) is 1. The number of aromatic nitrogens is 1. The smallest absolute Gasteiger partial charge is 0.208 e. The van der Waals surface area contributed by atoms with Crippen LogP contribution < -0.4 is 10.1 Å². The summed E-state index contributed by atoms with van der Waals surface area (Å²) in [6.07, 6.45) is 1.71. The van der Waals surface area contributed by atoms with E-state index in [4.69, 9.17) is 14.4 Å². The zero-order chi connectivity index (χ0) is 13.5. The summed E-state index contributed by atoms with van der Waals surface area (Å²) in [6, 6.07) is 9.55. The van der Waals surface area contributed by atoms with Gasteiger partial charge in [-0.1, -0.05) is 12.1 Å². The van der Waals surface area contributed by atoms with Crippen molar-refractivity contribution in [3.05, 3.63) is 47.7 Å². The molecule has 0 saturated heterocycles. The Morgan fingerprint density at radius 3 is 2.74 bits per heavy atom. The average molecular weight is 257 g/mol. The van der Waals surface area contributed by atoms with Crippen molar-refractivity contribution < 1.29 is 9.15 Å². The van der Waals surface area contributed by atoms with Gasteiger partial charge in [-0.3, -0.25) is 0 Å². The van der Waals surface area contributed by atoms with Gasteiger partial charge in [-0.15, -0.1) is 0 Å². The van der Waals surface area contributed by atoms with E-state index >= 15 is 0 Å². The normalized spacial score (nSPS) is 10.1. The Morgan fingerprint density at radius 1 is 1.32 bits per heavy atom. The molecule has 0 saturated carbocycles. The molecule has 19 heavy (non-hydrogen) atoms. The number of aryl methyl sites for hydroxylation is 1. The van der Waals surface area contributed by atoms with Gasteiger partial charge in [0.1, 0.15) is 17.6 Å². The van der Waals surface area contributed by atoms with Crippen molar-refractivity contribution in [3.63, 3.8) is 0 Å². The second-order valence-electron chi connectivity index (χ2n) is 4.06. The minimum Gasteiger partial charge on any atom is -0.479 e. The first kappa shape index (κ1) is 13.1. The maximum Gasteiger partial charge on any atom is 0.208 e. The van der Waals surface area contributed by atoms with Gasteiger partial charge in [-0.05, 0) is 24.6 Å². The number of nitrogens with one attached hydrogen (secondary N) is 1. The molecular weight excluding hydrogens is 242 g/mol. The van der Waals surface area contributed by atoms with Gasteiger partial charge in [-0.2, -0.15) is 5.26 Å². The molecule has 1 aromatic carbocycles. The first-order chi connectivity index (χ1) is 9.28. The van der Waals surface area contributed by atoms with E-state index in [-0.39, 0.29) is 6.61 Å². The molecular formula is C14H15N3O2. The predicted molar refractivity (Wildman–Crippen MR) is 69.3 cm³/mol. The zero-order valence-electron chi connectivity index (χ0n) is 10.7. The molecule has 98 valence electrons. The van der Waals surface area contributed by atoms with Gasteiger partial charge in [0.25, 0.3) is 0 Å². The Hall–Kier alpha value is -2.32. The molecule has 0 radical (unpaired) electrons. The molecule has 0 bridgehead atoms. The van der Waals surface area contributed by atoms with Crippen molar-refractivity contribution >= 4 is 0 Å². The molecule has 0 aliphatic rings. The van der Waals surface area contributed by atoms with E-state index in [2.05, 4.69) is 10.3 Å². The highest BCUT2D eigenvalue weighted by Gasteiger charge is 2.00. The Balaban J connectivity index is 1.78. The van der Waals surface area contributed by atoms with E-state index in [1.54, 1.807) is 6.20 Å². The van der Waals surface area contributed by atoms with Crippen LogP contribution in [-0.4, -0.2) is 11.6 Å². The third-order valence-electron chi connectivity index (χ3n) is 2.50. The number of rotatable bonds is 6. The highest BCUT2D eigenvalue weighted by atomic mass is 16.5. The lowest BCUT2D eigenvalue weighted by atomic mass is 10.2. The SMILES string of the molecule is Cc1cnc(CNCc2ccc(OCC#N)cc2)o1. The molecule has 2 aromatic rings. The van der Waals surface area contributed by atoms with Crippen molar-refractivity contribution in [2.24, 2.45) is 0 Å². The molecule has 2 rings (SSSR count). The molecule has 5 nitrogen and oxygen atoms in total. The summed E-state index contributed by atoms with van der Waals surface area (Å²) in [7, 11) is 0. The van der Waals surface area contributed by atoms with Crippen LogP contribution in [0.5, 0.6) is 5.75 Å². The standard InChI is InChI=1S/C14H15N3O2/c1-11-8-17-14(19-11)10-16-9-12-2-4-13(5-3-12)18-7-6-15/h2-5,8,16H,7,9-10H2,1H3. The third kappa shape index (κ3) is 4.12. The van der Waals surface area contributed by atoms with Crippen molar-refractivity contribution in [1.82, 2.24) is 10.3 Å². The maximum absolute atomic E-state index is 8.41. The van der Waals surface area contributed by atoms with Crippen LogP contribution in [0.3, 0.4) is 0 Å². The summed E-state index contributed by atoms with van der Waals surface area (Å²) >= 11 is 0. The molecule has 1 N–H and O–H groups in total. The van der Waals surface area contributed by atoms with Crippen LogP contribution in [0.2, 0.25) is 0 Å². The van der Waals surface area contributed by atoms with Crippen LogP contribution in [-0.2, 0) is 13.1 Å². The van der Waals surface area contributed by atoms with Crippen molar-refractivity contribution in [3.8, 4) is 11.8 Å².